The first-order chi connectivity index (χ1) is 6.59. The fourth-order valence-electron chi connectivity index (χ4n) is 1.13. The van der Waals surface area contributed by atoms with Crippen LogP contribution < -0.4 is 5.32 Å². The van der Waals surface area contributed by atoms with Gasteiger partial charge in [0.2, 0.25) is 5.91 Å². The third kappa shape index (κ3) is 4.96. The second-order valence-corrected chi connectivity index (χ2v) is 5.19. The molecule has 0 heterocycles. The first-order valence-electron chi connectivity index (χ1n) is 5.12. The standard InChI is InChI=1S/C10H18BrNO2/c1-7(2)14-6-10(13)12-5-9(11)8-3-4-8/h7-9H,3-6H2,1-2H3,(H,12,13). The molecule has 0 bridgehead atoms. The molecule has 1 fully saturated rings. The van der Waals surface area contributed by atoms with Crippen LogP contribution in [0.25, 0.3) is 0 Å². The van der Waals surface area contributed by atoms with Crippen LogP contribution in [-0.2, 0) is 9.53 Å². The van der Waals surface area contributed by atoms with E-state index in [1.807, 2.05) is 13.8 Å². The second-order valence-electron chi connectivity index (χ2n) is 4.02. The predicted octanol–water partition coefficient (Wildman–Crippen LogP) is 1.70. The summed E-state index contributed by atoms with van der Waals surface area (Å²) in [5.74, 6) is 0.741. The van der Waals surface area contributed by atoms with E-state index in [-0.39, 0.29) is 18.6 Å². The largest absolute Gasteiger partial charge is 0.369 e. The molecule has 1 unspecified atom stereocenters. The molecule has 0 spiro atoms. The number of halogens is 1. The number of nitrogens with one attached hydrogen (secondary N) is 1. The van der Waals surface area contributed by atoms with Gasteiger partial charge in [0.1, 0.15) is 6.61 Å². The van der Waals surface area contributed by atoms with Crippen LogP contribution >= 0.6 is 15.9 Å². The highest BCUT2D eigenvalue weighted by Gasteiger charge is 2.29. The van der Waals surface area contributed by atoms with E-state index in [1.54, 1.807) is 0 Å². The summed E-state index contributed by atoms with van der Waals surface area (Å²) in [7, 11) is 0. The van der Waals surface area contributed by atoms with E-state index in [0.29, 0.717) is 11.4 Å². The third-order valence-corrected chi connectivity index (χ3v) is 3.25. The number of ether oxygens (including phenoxy) is 1. The molecule has 0 saturated heterocycles. The van der Waals surface area contributed by atoms with Gasteiger partial charge in [-0.2, -0.15) is 0 Å². The highest BCUT2D eigenvalue weighted by atomic mass is 79.9. The van der Waals surface area contributed by atoms with Crippen molar-refractivity contribution in [2.45, 2.75) is 37.6 Å². The van der Waals surface area contributed by atoms with E-state index < -0.39 is 0 Å². The molecule has 1 N–H and O–H groups in total. The number of alkyl halides is 1. The van der Waals surface area contributed by atoms with E-state index in [1.165, 1.54) is 12.8 Å². The summed E-state index contributed by atoms with van der Waals surface area (Å²) in [6.45, 7) is 4.72. The summed E-state index contributed by atoms with van der Waals surface area (Å²) < 4.78 is 5.18. The number of amides is 1. The first kappa shape index (κ1) is 12.0. The van der Waals surface area contributed by atoms with Crippen molar-refractivity contribution in [1.82, 2.24) is 5.32 Å². The Labute approximate surface area is 93.7 Å². The van der Waals surface area contributed by atoms with Crippen molar-refractivity contribution in [3.05, 3.63) is 0 Å². The Hall–Kier alpha value is -0.0900. The molecule has 1 rings (SSSR count). The van der Waals surface area contributed by atoms with Crippen molar-refractivity contribution in [3.8, 4) is 0 Å². The summed E-state index contributed by atoms with van der Waals surface area (Å²) >= 11 is 3.56. The highest BCUT2D eigenvalue weighted by Crippen LogP contribution is 2.36. The van der Waals surface area contributed by atoms with Crippen molar-refractivity contribution in [2.24, 2.45) is 5.92 Å². The predicted molar refractivity (Wildman–Crippen MR) is 59.5 cm³/mol. The normalized spacial score (nSPS) is 18.3. The van der Waals surface area contributed by atoms with Crippen molar-refractivity contribution in [1.29, 1.82) is 0 Å². The van der Waals surface area contributed by atoms with Gasteiger partial charge >= 0.3 is 0 Å². The Morgan fingerprint density at radius 2 is 2.21 bits per heavy atom. The van der Waals surface area contributed by atoms with E-state index in [4.69, 9.17) is 4.74 Å². The minimum absolute atomic E-state index is 0.0243. The second kappa shape index (κ2) is 5.71. The van der Waals surface area contributed by atoms with Gasteiger partial charge in [-0.15, -0.1) is 0 Å². The van der Waals surface area contributed by atoms with Gasteiger partial charge in [-0.25, -0.2) is 0 Å². The van der Waals surface area contributed by atoms with Crippen LogP contribution in [0.3, 0.4) is 0 Å². The summed E-state index contributed by atoms with van der Waals surface area (Å²) in [4.78, 5) is 11.7. The molecule has 1 atom stereocenters. The lowest BCUT2D eigenvalue weighted by Gasteiger charge is -2.11. The number of carbonyl (C=O) groups excluding carboxylic acids is 1. The average Bonchev–Trinajstić information content (AvgIpc) is 2.93. The van der Waals surface area contributed by atoms with Crippen molar-refractivity contribution >= 4 is 21.8 Å². The molecule has 1 aliphatic carbocycles. The summed E-state index contributed by atoms with van der Waals surface area (Å²) in [5, 5.41) is 2.85. The van der Waals surface area contributed by atoms with E-state index in [2.05, 4.69) is 21.2 Å². The van der Waals surface area contributed by atoms with Gasteiger partial charge < -0.3 is 10.1 Å². The molecule has 82 valence electrons. The van der Waals surface area contributed by atoms with Gasteiger partial charge in [-0.05, 0) is 32.6 Å². The van der Waals surface area contributed by atoms with Crippen molar-refractivity contribution in [3.63, 3.8) is 0 Å². The molecule has 4 heteroatoms. The zero-order valence-electron chi connectivity index (χ0n) is 8.75. The Balaban J connectivity index is 2.02. The lowest BCUT2D eigenvalue weighted by molar-refractivity contribution is -0.127. The molecular weight excluding hydrogens is 246 g/mol. The lowest BCUT2D eigenvalue weighted by atomic mass is 10.3. The van der Waals surface area contributed by atoms with Gasteiger partial charge in [0.05, 0.1) is 6.10 Å². The molecule has 0 aliphatic heterocycles. The molecule has 1 saturated carbocycles. The van der Waals surface area contributed by atoms with E-state index in [9.17, 15) is 4.79 Å². The van der Waals surface area contributed by atoms with Gasteiger partial charge in [0.25, 0.3) is 0 Å². The molecule has 1 amide bonds. The maximum absolute atomic E-state index is 11.2. The number of hydrogen-bond donors (Lipinski definition) is 1. The fraction of sp³-hybridized carbons (Fsp3) is 0.900. The summed E-state index contributed by atoms with van der Waals surface area (Å²) in [6.07, 6.45) is 2.69. The molecule has 0 aromatic heterocycles. The molecule has 0 aromatic carbocycles. The van der Waals surface area contributed by atoms with Crippen LogP contribution in [0.4, 0.5) is 0 Å². The van der Waals surface area contributed by atoms with E-state index >= 15 is 0 Å². The molecule has 14 heavy (non-hydrogen) atoms. The van der Waals surface area contributed by atoms with Crippen LogP contribution in [0, 0.1) is 5.92 Å². The average molecular weight is 264 g/mol. The van der Waals surface area contributed by atoms with Crippen LogP contribution in [-0.4, -0.2) is 30.0 Å². The third-order valence-electron chi connectivity index (χ3n) is 2.18. The topological polar surface area (TPSA) is 38.3 Å². The maximum atomic E-state index is 11.2. The SMILES string of the molecule is CC(C)OCC(=O)NCC(Br)C1CC1. The summed E-state index contributed by atoms with van der Waals surface area (Å²) in [5.41, 5.74) is 0. The summed E-state index contributed by atoms with van der Waals surface area (Å²) in [6, 6.07) is 0. The highest BCUT2D eigenvalue weighted by molar-refractivity contribution is 9.09. The molecule has 1 aliphatic rings. The van der Waals surface area contributed by atoms with Gasteiger partial charge in [-0.3, -0.25) is 4.79 Å². The molecule has 0 radical (unpaired) electrons. The molecule has 3 nitrogen and oxygen atoms in total. The lowest BCUT2D eigenvalue weighted by Crippen LogP contribution is -2.33. The minimum Gasteiger partial charge on any atom is -0.369 e. The fourth-order valence-corrected chi connectivity index (χ4v) is 1.82. The van der Waals surface area contributed by atoms with Crippen molar-refractivity contribution < 1.29 is 9.53 Å². The smallest absolute Gasteiger partial charge is 0.246 e. The Bertz CT molecular complexity index is 193. The molecular formula is C10H18BrNO2. The number of carbonyl (C=O) groups is 1. The first-order valence-corrected chi connectivity index (χ1v) is 6.03. The van der Waals surface area contributed by atoms with Gasteiger partial charge in [-0.1, -0.05) is 15.9 Å². The van der Waals surface area contributed by atoms with Crippen LogP contribution in [0.1, 0.15) is 26.7 Å². The molecule has 0 aromatic rings. The quantitative estimate of drug-likeness (QED) is 0.741. The van der Waals surface area contributed by atoms with Crippen molar-refractivity contribution in [2.75, 3.05) is 13.2 Å². The van der Waals surface area contributed by atoms with E-state index in [0.717, 1.165) is 5.92 Å². The Morgan fingerprint density at radius 3 is 2.71 bits per heavy atom. The van der Waals surface area contributed by atoms with Gasteiger partial charge in [0.15, 0.2) is 0 Å². The van der Waals surface area contributed by atoms with Crippen LogP contribution in [0.15, 0.2) is 0 Å². The Kier molecular flexibility index (Phi) is 4.89. The zero-order valence-corrected chi connectivity index (χ0v) is 10.3. The maximum Gasteiger partial charge on any atom is 0.246 e. The Morgan fingerprint density at radius 1 is 1.57 bits per heavy atom. The number of hydrogen-bond acceptors (Lipinski definition) is 2. The number of rotatable bonds is 6. The minimum atomic E-state index is -0.0243. The van der Waals surface area contributed by atoms with Crippen LogP contribution in [0.5, 0.6) is 0 Å². The zero-order chi connectivity index (χ0) is 10.6. The van der Waals surface area contributed by atoms with Gasteiger partial charge in [0, 0.05) is 11.4 Å². The monoisotopic (exact) mass is 263 g/mol. The van der Waals surface area contributed by atoms with Crippen LogP contribution in [0.2, 0.25) is 0 Å².